The minimum Gasteiger partial charge on any atom is -0.318 e. The molecule has 26 heavy (non-hydrogen) atoms. The topological polar surface area (TPSA) is 37.3 Å². The molecule has 2 aromatic carbocycles. The standard InChI is InChI=1S/C21H21N3OS/c1-15-19-11-6-12-23(19)20-10-4-3-7-16(20)14-24(15)21(25)22-17-8-5-9-18(13-17)26-2/h3-13,15H,14H2,1-2H3,(H,22,25). The number of fused-ring (bicyclic) bond motifs is 3. The van der Waals surface area contributed by atoms with Gasteiger partial charge in [-0.05, 0) is 55.1 Å². The number of anilines is 1. The molecule has 0 saturated heterocycles. The van der Waals surface area contributed by atoms with Crippen LogP contribution in [-0.4, -0.2) is 21.8 Å². The lowest BCUT2D eigenvalue weighted by Gasteiger charge is -2.27. The number of urea groups is 1. The van der Waals surface area contributed by atoms with Gasteiger partial charge in [0, 0.05) is 22.5 Å². The predicted molar refractivity (Wildman–Crippen MR) is 107 cm³/mol. The number of amides is 2. The molecule has 4 rings (SSSR count). The van der Waals surface area contributed by atoms with E-state index < -0.39 is 0 Å². The molecule has 3 aromatic rings. The first kappa shape index (κ1) is 16.8. The maximum absolute atomic E-state index is 13.1. The van der Waals surface area contributed by atoms with Crippen LogP contribution in [0.4, 0.5) is 10.5 Å². The van der Waals surface area contributed by atoms with Crippen LogP contribution >= 0.6 is 11.8 Å². The quantitative estimate of drug-likeness (QED) is 0.627. The predicted octanol–water partition coefficient (Wildman–Crippen LogP) is 5.31. The number of para-hydroxylation sites is 1. The number of rotatable bonds is 2. The number of nitrogens with one attached hydrogen (secondary N) is 1. The number of nitrogens with zero attached hydrogens (tertiary/aromatic N) is 2. The molecule has 0 aliphatic carbocycles. The normalized spacial score (nSPS) is 15.8. The molecular weight excluding hydrogens is 342 g/mol. The monoisotopic (exact) mass is 363 g/mol. The minimum absolute atomic E-state index is 0.0267. The van der Waals surface area contributed by atoms with Crippen LogP contribution in [0.15, 0.2) is 71.8 Å². The summed E-state index contributed by atoms with van der Waals surface area (Å²) in [7, 11) is 0. The molecule has 0 radical (unpaired) electrons. The zero-order chi connectivity index (χ0) is 18.1. The van der Waals surface area contributed by atoms with E-state index in [0.717, 1.165) is 27.5 Å². The largest absolute Gasteiger partial charge is 0.322 e. The first-order chi connectivity index (χ1) is 12.7. The zero-order valence-corrected chi connectivity index (χ0v) is 15.7. The van der Waals surface area contributed by atoms with Crippen molar-refractivity contribution in [2.45, 2.75) is 24.4 Å². The lowest BCUT2D eigenvalue weighted by molar-refractivity contribution is 0.189. The fourth-order valence-electron chi connectivity index (χ4n) is 3.46. The average molecular weight is 363 g/mol. The third kappa shape index (κ3) is 2.99. The van der Waals surface area contributed by atoms with Crippen molar-refractivity contribution in [3.05, 3.63) is 78.1 Å². The molecule has 1 atom stereocenters. The molecule has 2 amide bonds. The molecule has 1 N–H and O–H groups in total. The molecule has 0 bridgehead atoms. The van der Waals surface area contributed by atoms with Crippen molar-refractivity contribution in [2.75, 3.05) is 11.6 Å². The van der Waals surface area contributed by atoms with Crippen molar-refractivity contribution in [2.24, 2.45) is 0 Å². The number of carbonyl (C=O) groups excluding carboxylic acids is 1. The van der Waals surface area contributed by atoms with E-state index in [2.05, 4.69) is 41.2 Å². The van der Waals surface area contributed by atoms with Crippen LogP contribution in [0.2, 0.25) is 0 Å². The highest BCUT2D eigenvalue weighted by Gasteiger charge is 2.28. The second-order valence-corrected chi connectivity index (χ2v) is 7.28. The number of benzene rings is 2. The smallest absolute Gasteiger partial charge is 0.318 e. The van der Waals surface area contributed by atoms with Gasteiger partial charge in [-0.1, -0.05) is 24.3 Å². The number of thioether (sulfide) groups is 1. The van der Waals surface area contributed by atoms with Gasteiger partial charge in [0.25, 0.3) is 0 Å². The second-order valence-electron chi connectivity index (χ2n) is 6.40. The molecule has 0 fully saturated rings. The van der Waals surface area contributed by atoms with Crippen LogP contribution < -0.4 is 5.32 Å². The average Bonchev–Trinajstić information content (AvgIpc) is 3.11. The molecule has 132 valence electrons. The van der Waals surface area contributed by atoms with Gasteiger partial charge in [0.05, 0.1) is 18.3 Å². The van der Waals surface area contributed by atoms with Crippen LogP contribution in [0.25, 0.3) is 5.69 Å². The zero-order valence-electron chi connectivity index (χ0n) is 14.8. The highest BCUT2D eigenvalue weighted by atomic mass is 32.2. The molecule has 1 unspecified atom stereocenters. The Morgan fingerprint density at radius 3 is 2.81 bits per heavy atom. The van der Waals surface area contributed by atoms with Crippen molar-refractivity contribution < 1.29 is 4.79 Å². The summed E-state index contributed by atoms with van der Waals surface area (Å²) in [6, 6.07) is 20.2. The lowest BCUT2D eigenvalue weighted by atomic mass is 10.1. The molecule has 4 nitrogen and oxygen atoms in total. The van der Waals surface area contributed by atoms with Gasteiger partial charge in [-0.15, -0.1) is 11.8 Å². The Bertz CT molecular complexity index is 950. The van der Waals surface area contributed by atoms with Crippen LogP contribution in [0, 0.1) is 0 Å². The van der Waals surface area contributed by atoms with E-state index in [-0.39, 0.29) is 12.1 Å². The first-order valence-corrected chi connectivity index (χ1v) is 9.87. The molecule has 5 heteroatoms. The fourth-order valence-corrected chi connectivity index (χ4v) is 3.92. The van der Waals surface area contributed by atoms with E-state index in [4.69, 9.17) is 0 Å². The van der Waals surface area contributed by atoms with Gasteiger partial charge in [0.2, 0.25) is 0 Å². The van der Waals surface area contributed by atoms with Crippen LogP contribution in [-0.2, 0) is 6.54 Å². The van der Waals surface area contributed by atoms with Gasteiger partial charge < -0.3 is 14.8 Å². The van der Waals surface area contributed by atoms with Crippen LogP contribution in [0.1, 0.15) is 24.2 Å². The van der Waals surface area contributed by atoms with Gasteiger partial charge in [-0.25, -0.2) is 4.79 Å². The maximum Gasteiger partial charge on any atom is 0.322 e. The Morgan fingerprint density at radius 2 is 1.96 bits per heavy atom. The minimum atomic E-state index is -0.0831. The first-order valence-electron chi connectivity index (χ1n) is 8.64. The van der Waals surface area contributed by atoms with Crippen molar-refractivity contribution in [1.29, 1.82) is 0 Å². The summed E-state index contributed by atoms with van der Waals surface area (Å²) < 4.78 is 2.18. The molecule has 0 saturated carbocycles. The van der Waals surface area contributed by atoms with Crippen molar-refractivity contribution in [3.8, 4) is 5.69 Å². The number of carbonyl (C=O) groups is 1. The lowest BCUT2D eigenvalue weighted by Crippen LogP contribution is -2.36. The molecule has 0 spiro atoms. The van der Waals surface area contributed by atoms with Crippen LogP contribution in [0.5, 0.6) is 0 Å². The van der Waals surface area contributed by atoms with E-state index in [0.29, 0.717) is 6.54 Å². The Hall–Kier alpha value is -2.66. The summed E-state index contributed by atoms with van der Waals surface area (Å²) >= 11 is 1.66. The van der Waals surface area contributed by atoms with Gasteiger partial charge in [-0.2, -0.15) is 0 Å². The Kier molecular flexibility index (Phi) is 4.47. The molecule has 2 heterocycles. The molecule has 1 aliphatic rings. The third-order valence-electron chi connectivity index (χ3n) is 4.85. The highest BCUT2D eigenvalue weighted by Crippen LogP contribution is 2.32. The van der Waals surface area contributed by atoms with Crippen molar-refractivity contribution in [1.82, 2.24) is 9.47 Å². The summed E-state index contributed by atoms with van der Waals surface area (Å²) in [4.78, 5) is 16.1. The van der Waals surface area contributed by atoms with Gasteiger partial charge in [0.15, 0.2) is 0 Å². The molecule has 1 aliphatic heterocycles. The summed E-state index contributed by atoms with van der Waals surface area (Å²) in [5, 5.41) is 3.06. The summed E-state index contributed by atoms with van der Waals surface area (Å²) in [6.07, 6.45) is 4.09. The number of hydrogen-bond acceptors (Lipinski definition) is 2. The van der Waals surface area contributed by atoms with E-state index in [1.807, 2.05) is 53.6 Å². The SMILES string of the molecule is CSc1cccc(NC(=O)N2Cc3ccccc3-n3cccc3C2C)c1. The van der Waals surface area contributed by atoms with E-state index in [1.165, 1.54) is 0 Å². The highest BCUT2D eigenvalue weighted by molar-refractivity contribution is 7.98. The van der Waals surface area contributed by atoms with Gasteiger partial charge in [-0.3, -0.25) is 0 Å². The Morgan fingerprint density at radius 1 is 1.12 bits per heavy atom. The van der Waals surface area contributed by atoms with Crippen molar-refractivity contribution >= 4 is 23.5 Å². The Labute approximate surface area is 157 Å². The Balaban J connectivity index is 1.67. The van der Waals surface area contributed by atoms with E-state index in [1.54, 1.807) is 11.8 Å². The number of hydrogen-bond donors (Lipinski definition) is 1. The van der Waals surface area contributed by atoms with E-state index in [9.17, 15) is 4.79 Å². The van der Waals surface area contributed by atoms with Gasteiger partial charge >= 0.3 is 6.03 Å². The third-order valence-corrected chi connectivity index (χ3v) is 5.57. The maximum atomic E-state index is 13.1. The summed E-state index contributed by atoms with van der Waals surface area (Å²) in [6.45, 7) is 2.66. The van der Waals surface area contributed by atoms with Crippen LogP contribution in [0.3, 0.4) is 0 Å². The summed E-state index contributed by atoms with van der Waals surface area (Å²) in [5.74, 6) is 0. The second kappa shape index (κ2) is 6.92. The van der Waals surface area contributed by atoms with Gasteiger partial charge in [0.1, 0.15) is 0 Å². The summed E-state index contributed by atoms with van der Waals surface area (Å²) in [5.41, 5.74) is 4.21. The van der Waals surface area contributed by atoms with Crippen molar-refractivity contribution in [3.63, 3.8) is 0 Å². The molecule has 1 aromatic heterocycles. The van der Waals surface area contributed by atoms with E-state index >= 15 is 0 Å². The molecular formula is C21H21N3OS. The number of aromatic nitrogens is 1. The fraction of sp³-hybridized carbons (Fsp3) is 0.190.